The number of hydrogen-bond donors (Lipinski definition) is 2. The highest BCUT2D eigenvalue weighted by Gasteiger charge is 2.24. The van der Waals surface area contributed by atoms with Crippen molar-refractivity contribution in [3.8, 4) is 0 Å². The number of aliphatic carboxylic acids is 1. The highest BCUT2D eigenvalue weighted by Crippen LogP contribution is 2.08. The quantitative estimate of drug-likeness (QED) is 0.777. The zero-order chi connectivity index (χ0) is 13.0. The number of nitrogens with one attached hydrogen (secondary N) is 1. The summed E-state index contributed by atoms with van der Waals surface area (Å²) in [7, 11) is 0. The van der Waals surface area contributed by atoms with Crippen LogP contribution in [0.15, 0.2) is 0 Å². The molecule has 1 rings (SSSR count). The second-order valence-corrected chi connectivity index (χ2v) is 3.78. The van der Waals surface area contributed by atoms with E-state index in [1.165, 1.54) is 4.90 Å². The molecular formula is C10H16N4O3. The zero-order valence-corrected chi connectivity index (χ0v) is 10.1. The Morgan fingerprint density at radius 1 is 1.53 bits per heavy atom. The first kappa shape index (κ1) is 13.1. The molecule has 0 radical (unpaired) electrons. The van der Waals surface area contributed by atoms with E-state index >= 15 is 0 Å². The van der Waals surface area contributed by atoms with Crippen LogP contribution in [0.1, 0.15) is 36.7 Å². The molecule has 0 aliphatic rings. The van der Waals surface area contributed by atoms with Crippen molar-refractivity contribution >= 4 is 11.9 Å². The van der Waals surface area contributed by atoms with Crippen molar-refractivity contribution in [2.45, 2.75) is 33.2 Å². The van der Waals surface area contributed by atoms with Gasteiger partial charge in [-0.15, -0.1) is 5.10 Å². The van der Waals surface area contributed by atoms with Crippen molar-refractivity contribution in [1.29, 1.82) is 0 Å². The third-order valence-electron chi connectivity index (χ3n) is 2.39. The molecule has 1 aromatic rings. The summed E-state index contributed by atoms with van der Waals surface area (Å²) in [5.74, 6) is -0.669. The van der Waals surface area contributed by atoms with Gasteiger partial charge in [-0.2, -0.15) is 0 Å². The summed E-state index contributed by atoms with van der Waals surface area (Å²) in [5.41, 5.74) is 0. The summed E-state index contributed by atoms with van der Waals surface area (Å²) < 4.78 is 0. The Morgan fingerprint density at radius 2 is 2.18 bits per heavy atom. The Morgan fingerprint density at radius 3 is 2.59 bits per heavy atom. The van der Waals surface area contributed by atoms with E-state index in [0.29, 0.717) is 12.4 Å². The van der Waals surface area contributed by atoms with Crippen LogP contribution >= 0.6 is 0 Å². The maximum atomic E-state index is 12.0. The molecule has 7 heteroatoms. The summed E-state index contributed by atoms with van der Waals surface area (Å²) in [5, 5.41) is 15.1. The molecule has 94 valence electrons. The van der Waals surface area contributed by atoms with Gasteiger partial charge in [-0.1, -0.05) is 0 Å². The SMILES string of the molecule is CCN(C(=O)c1n[nH]c(C)n1)C(C)CC(=O)O. The lowest BCUT2D eigenvalue weighted by Gasteiger charge is -2.25. The number of H-pyrrole nitrogens is 1. The van der Waals surface area contributed by atoms with Crippen molar-refractivity contribution in [2.75, 3.05) is 6.54 Å². The molecule has 0 fully saturated rings. The predicted octanol–water partition coefficient (Wildman–Crippen LogP) is 0.438. The number of carbonyl (C=O) groups is 2. The lowest BCUT2D eigenvalue weighted by molar-refractivity contribution is -0.138. The van der Waals surface area contributed by atoms with Gasteiger partial charge in [0, 0.05) is 12.6 Å². The van der Waals surface area contributed by atoms with Crippen LogP contribution in [0.5, 0.6) is 0 Å². The number of amides is 1. The Kier molecular flexibility index (Phi) is 4.19. The number of aromatic nitrogens is 3. The first-order valence-electron chi connectivity index (χ1n) is 5.37. The third kappa shape index (κ3) is 3.27. The average Bonchev–Trinajstić information content (AvgIpc) is 2.64. The van der Waals surface area contributed by atoms with Crippen LogP contribution in [-0.2, 0) is 4.79 Å². The van der Waals surface area contributed by atoms with Gasteiger partial charge in [-0.25, -0.2) is 4.98 Å². The van der Waals surface area contributed by atoms with Crippen LogP contribution in [0.4, 0.5) is 0 Å². The lowest BCUT2D eigenvalue weighted by atomic mass is 10.2. The summed E-state index contributed by atoms with van der Waals surface area (Å²) in [4.78, 5) is 28.0. The van der Waals surface area contributed by atoms with Gasteiger partial charge in [-0.05, 0) is 20.8 Å². The highest BCUT2D eigenvalue weighted by molar-refractivity contribution is 5.90. The Labute approximate surface area is 98.8 Å². The van der Waals surface area contributed by atoms with E-state index in [-0.39, 0.29) is 24.2 Å². The molecule has 0 aliphatic carbocycles. The second kappa shape index (κ2) is 5.42. The molecule has 0 aromatic carbocycles. The van der Waals surface area contributed by atoms with Crippen molar-refractivity contribution in [3.05, 3.63) is 11.6 Å². The van der Waals surface area contributed by atoms with Gasteiger partial charge < -0.3 is 10.0 Å². The van der Waals surface area contributed by atoms with Gasteiger partial charge in [0.15, 0.2) is 0 Å². The fourth-order valence-corrected chi connectivity index (χ4v) is 1.59. The summed E-state index contributed by atoms with van der Waals surface area (Å²) in [6, 6.07) is -0.385. The lowest BCUT2D eigenvalue weighted by Crippen LogP contribution is -2.40. The molecule has 0 saturated heterocycles. The van der Waals surface area contributed by atoms with E-state index in [9.17, 15) is 9.59 Å². The largest absolute Gasteiger partial charge is 0.481 e. The predicted molar refractivity (Wildman–Crippen MR) is 59.5 cm³/mol. The second-order valence-electron chi connectivity index (χ2n) is 3.78. The summed E-state index contributed by atoms with van der Waals surface area (Å²) >= 11 is 0. The number of aryl methyl sites for hydroxylation is 1. The fourth-order valence-electron chi connectivity index (χ4n) is 1.59. The van der Waals surface area contributed by atoms with Crippen LogP contribution in [0.25, 0.3) is 0 Å². The Balaban J connectivity index is 2.80. The van der Waals surface area contributed by atoms with Crippen molar-refractivity contribution in [2.24, 2.45) is 0 Å². The normalized spacial score (nSPS) is 12.2. The van der Waals surface area contributed by atoms with Crippen molar-refractivity contribution in [3.63, 3.8) is 0 Å². The Hall–Kier alpha value is -1.92. The van der Waals surface area contributed by atoms with Crippen LogP contribution in [0.2, 0.25) is 0 Å². The van der Waals surface area contributed by atoms with E-state index in [1.807, 2.05) is 0 Å². The molecule has 0 spiro atoms. The molecule has 1 atom stereocenters. The van der Waals surface area contributed by atoms with Crippen LogP contribution in [0.3, 0.4) is 0 Å². The van der Waals surface area contributed by atoms with Gasteiger partial charge >= 0.3 is 5.97 Å². The molecule has 0 aliphatic heterocycles. The first-order valence-corrected chi connectivity index (χ1v) is 5.37. The number of carboxylic acids is 1. The minimum absolute atomic E-state index is 0.0709. The van der Waals surface area contributed by atoms with Gasteiger partial charge in [0.1, 0.15) is 5.82 Å². The number of hydrogen-bond acceptors (Lipinski definition) is 4. The monoisotopic (exact) mass is 240 g/mol. The summed E-state index contributed by atoms with van der Waals surface area (Å²) in [6.07, 6.45) is -0.0943. The topological polar surface area (TPSA) is 99.2 Å². The van der Waals surface area contributed by atoms with E-state index < -0.39 is 5.97 Å². The maximum Gasteiger partial charge on any atom is 0.305 e. The molecular weight excluding hydrogens is 224 g/mol. The highest BCUT2D eigenvalue weighted by atomic mass is 16.4. The van der Waals surface area contributed by atoms with Gasteiger partial charge in [-0.3, -0.25) is 14.7 Å². The van der Waals surface area contributed by atoms with E-state index in [2.05, 4.69) is 15.2 Å². The molecule has 0 bridgehead atoms. The maximum absolute atomic E-state index is 12.0. The number of carbonyl (C=O) groups excluding carboxylic acids is 1. The average molecular weight is 240 g/mol. The molecule has 1 heterocycles. The van der Waals surface area contributed by atoms with Gasteiger partial charge in [0.2, 0.25) is 5.82 Å². The first-order chi connectivity index (χ1) is 7.95. The number of carboxylic acid groups (broad SMARTS) is 1. The molecule has 7 nitrogen and oxygen atoms in total. The van der Waals surface area contributed by atoms with Crippen molar-refractivity contribution < 1.29 is 14.7 Å². The van der Waals surface area contributed by atoms with E-state index in [1.54, 1.807) is 20.8 Å². The number of rotatable bonds is 5. The minimum Gasteiger partial charge on any atom is -0.481 e. The van der Waals surface area contributed by atoms with Crippen LogP contribution in [-0.4, -0.2) is 49.7 Å². The molecule has 2 N–H and O–H groups in total. The van der Waals surface area contributed by atoms with Gasteiger partial charge in [0.25, 0.3) is 5.91 Å². The van der Waals surface area contributed by atoms with Crippen LogP contribution < -0.4 is 0 Å². The Bertz CT molecular complexity index is 415. The molecule has 1 amide bonds. The standard InChI is InChI=1S/C10H16N4O3/c1-4-14(6(2)5-8(15)16)10(17)9-11-7(3)12-13-9/h6H,4-5H2,1-3H3,(H,15,16)(H,11,12,13). The smallest absolute Gasteiger partial charge is 0.305 e. The molecule has 1 unspecified atom stereocenters. The van der Waals surface area contributed by atoms with E-state index in [0.717, 1.165) is 0 Å². The van der Waals surface area contributed by atoms with Gasteiger partial charge in [0.05, 0.1) is 6.42 Å². The minimum atomic E-state index is -0.935. The number of nitrogens with zero attached hydrogens (tertiary/aromatic N) is 3. The molecule has 17 heavy (non-hydrogen) atoms. The summed E-state index contributed by atoms with van der Waals surface area (Å²) in [6.45, 7) is 5.59. The zero-order valence-electron chi connectivity index (χ0n) is 10.1. The van der Waals surface area contributed by atoms with E-state index in [4.69, 9.17) is 5.11 Å². The van der Waals surface area contributed by atoms with Crippen molar-refractivity contribution in [1.82, 2.24) is 20.1 Å². The van der Waals surface area contributed by atoms with Crippen LogP contribution in [0, 0.1) is 6.92 Å². The fraction of sp³-hybridized carbons (Fsp3) is 0.600. The number of aromatic amines is 1. The molecule has 0 saturated carbocycles. The molecule has 1 aromatic heterocycles. The third-order valence-corrected chi connectivity index (χ3v) is 2.39.